The summed E-state index contributed by atoms with van der Waals surface area (Å²) in [6.07, 6.45) is 0. The quantitative estimate of drug-likeness (QED) is 0.163. The van der Waals surface area contributed by atoms with E-state index in [1.165, 1.54) is 6.07 Å². The number of amides is 1. The number of rotatable bonds is 7. The van der Waals surface area contributed by atoms with Crippen molar-refractivity contribution in [1.82, 2.24) is 14.8 Å². The fourth-order valence-corrected chi connectivity index (χ4v) is 4.66. The summed E-state index contributed by atoms with van der Waals surface area (Å²) in [5.74, 6) is -1.15. The van der Waals surface area contributed by atoms with Crippen molar-refractivity contribution >= 4 is 45.0 Å². The number of aromatic hydroxyl groups is 1. The van der Waals surface area contributed by atoms with Gasteiger partial charge in [-0.1, -0.05) is 45.4 Å². The number of aryl methyl sites for hydroxylation is 2. The number of nitrogens with one attached hydrogen (secondary N) is 1. The molecule has 0 spiro atoms. The number of carbonyl (C=O) groups is 1. The molecule has 0 aliphatic carbocycles. The predicted molar refractivity (Wildman–Crippen MR) is 138 cm³/mol. The van der Waals surface area contributed by atoms with Crippen LogP contribution in [0, 0.1) is 29.8 Å². The maximum absolute atomic E-state index is 13.6. The maximum Gasteiger partial charge on any atom is 0.306 e. The molecule has 9 nitrogen and oxygen atoms in total. The summed E-state index contributed by atoms with van der Waals surface area (Å²) in [6, 6.07) is 14.0. The Hall–Kier alpha value is -3.77. The summed E-state index contributed by atoms with van der Waals surface area (Å²) in [7, 11) is 0. The van der Waals surface area contributed by atoms with E-state index < -0.39 is 22.3 Å². The van der Waals surface area contributed by atoms with Gasteiger partial charge in [-0.2, -0.15) is 4.39 Å². The number of hydrogen-bond donors (Lipinski definition) is 2. The van der Waals surface area contributed by atoms with Crippen LogP contribution in [0.15, 0.2) is 64.2 Å². The van der Waals surface area contributed by atoms with Gasteiger partial charge in [0.1, 0.15) is 5.75 Å². The van der Waals surface area contributed by atoms with Crippen LogP contribution in [-0.4, -0.2) is 36.5 Å². The van der Waals surface area contributed by atoms with Crippen LogP contribution in [0.3, 0.4) is 0 Å². The third-order valence-corrected chi connectivity index (χ3v) is 6.61. The molecule has 36 heavy (non-hydrogen) atoms. The first-order valence-corrected chi connectivity index (χ1v) is 12.3. The van der Waals surface area contributed by atoms with Crippen LogP contribution < -0.4 is 5.32 Å². The van der Waals surface area contributed by atoms with E-state index in [9.17, 15) is 24.4 Å². The minimum Gasteiger partial charge on any atom is -0.507 e. The van der Waals surface area contributed by atoms with Crippen LogP contribution in [0.1, 0.15) is 11.1 Å². The highest BCUT2D eigenvalue weighted by Gasteiger charge is 2.21. The summed E-state index contributed by atoms with van der Waals surface area (Å²) < 4.78 is 16.1. The average Bonchev–Trinajstić information content (AvgIpc) is 3.23. The smallest absolute Gasteiger partial charge is 0.306 e. The molecule has 4 rings (SSSR count). The number of benzene rings is 3. The fraction of sp³-hybridized carbons (Fsp3) is 0.125. The molecule has 0 unspecified atom stereocenters. The Kier molecular flexibility index (Phi) is 7.36. The number of hydrogen-bond acceptors (Lipinski definition) is 7. The van der Waals surface area contributed by atoms with Gasteiger partial charge in [0.25, 0.3) is 0 Å². The second-order valence-corrected chi connectivity index (χ2v) is 9.71. The molecular weight excluding hydrogens is 553 g/mol. The first-order valence-electron chi connectivity index (χ1n) is 10.5. The minimum atomic E-state index is -0.989. The molecule has 12 heteroatoms. The van der Waals surface area contributed by atoms with Crippen molar-refractivity contribution in [2.24, 2.45) is 0 Å². The fourth-order valence-electron chi connectivity index (χ4n) is 3.56. The van der Waals surface area contributed by atoms with Gasteiger partial charge in [-0.15, -0.1) is 10.2 Å². The Balaban J connectivity index is 1.65. The molecule has 1 amide bonds. The molecule has 0 aliphatic heterocycles. The summed E-state index contributed by atoms with van der Waals surface area (Å²) in [4.78, 5) is 22.7. The van der Waals surface area contributed by atoms with Crippen molar-refractivity contribution in [2.75, 3.05) is 11.1 Å². The Bertz CT molecular complexity index is 1490. The van der Waals surface area contributed by atoms with E-state index in [4.69, 9.17) is 0 Å². The van der Waals surface area contributed by atoms with Gasteiger partial charge < -0.3 is 10.4 Å². The number of phenolic OH excluding ortho intramolecular Hbond substituents is 1. The maximum atomic E-state index is 13.6. The summed E-state index contributed by atoms with van der Waals surface area (Å²) >= 11 is 4.51. The van der Waals surface area contributed by atoms with E-state index in [1.54, 1.807) is 22.8 Å². The molecule has 4 aromatic rings. The molecule has 3 aromatic carbocycles. The van der Waals surface area contributed by atoms with Crippen molar-refractivity contribution in [3.63, 3.8) is 0 Å². The number of carbonyl (C=O) groups excluding carboxylic acids is 1. The molecular formula is C24H19BrFN5O4S. The summed E-state index contributed by atoms with van der Waals surface area (Å²) in [5.41, 5.74) is 2.61. The van der Waals surface area contributed by atoms with Gasteiger partial charge in [0.2, 0.25) is 11.7 Å². The summed E-state index contributed by atoms with van der Waals surface area (Å²) in [5, 5.41) is 33.0. The van der Waals surface area contributed by atoms with Crippen LogP contribution >= 0.6 is 27.7 Å². The van der Waals surface area contributed by atoms with Crippen LogP contribution in [-0.2, 0) is 4.79 Å². The third kappa shape index (κ3) is 5.39. The van der Waals surface area contributed by atoms with Crippen molar-refractivity contribution in [1.29, 1.82) is 0 Å². The van der Waals surface area contributed by atoms with Gasteiger partial charge in [0, 0.05) is 16.2 Å². The number of phenols is 1. The van der Waals surface area contributed by atoms with Gasteiger partial charge in [-0.3, -0.25) is 19.5 Å². The number of nitrogens with zero attached hydrogens (tertiary/aromatic N) is 4. The largest absolute Gasteiger partial charge is 0.507 e. The van der Waals surface area contributed by atoms with Crippen LogP contribution in [0.25, 0.3) is 17.1 Å². The van der Waals surface area contributed by atoms with E-state index >= 15 is 0 Å². The first-order chi connectivity index (χ1) is 17.1. The lowest BCUT2D eigenvalue weighted by Crippen LogP contribution is -2.15. The van der Waals surface area contributed by atoms with Crippen molar-refractivity contribution in [2.45, 2.75) is 19.0 Å². The number of anilines is 1. The lowest BCUT2D eigenvalue weighted by atomic mass is 10.1. The molecule has 1 aromatic heterocycles. The third-order valence-electron chi connectivity index (χ3n) is 5.19. The Labute approximate surface area is 217 Å². The second-order valence-electron chi connectivity index (χ2n) is 7.85. The highest BCUT2D eigenvalue weighted by molar-refractivity contribution is 9.10. The van der Waals surface area contributed by atoms with Gasteiger partial charge in [0.05, 0.1) is 21.9 Å². The molecule has 0 bridgehead atoms. The van der Waals surface area contributed by atoms with E-state index in [0.717, 1.165) is 45.2 Å². The van der Waals surface area contributed by atoms with Crippen LogP contribution in [0.4, 0.5) is 15.8 Å². The van der Waals surface area contributed by atoms with Crippen LogP contribution in [0.5, 0.6) is 5.75 Å². The van der Waals surface area contributed by atoms with Crippen LogP contribution in [0.2, 0.25) is 0 Å². The normalized spacial score (nSPS) is 10.9. The molecule has 0 saturated carbocycles. The lowest BCUT2D eigenvalue weighted by molar-refractivity contribution is -0.387. The Morgan fingerprint density at radius 3 is 2.67 bits per heavy atom. The SMILES string of the molecule is Cc1ccc(-n2c(SCC(=O)Nc3ccc(F)c([N+](=O)[O-])c3)nnc2-c2cc(Br)ccc2O)c(C)c1. The van der Waals surface area contributed by atoms with Gasteiger partial charge in [-0.05, 0) is 55.8 Å². The molecule has 0 atom stereocenters. The highest BCUT2D eigenvalue weighted by atomic mass is 79.9. The molecule has 2 N–H and O–H groups in total. The van der Waals surface area contributed by atoms with Gasteiger partial charge in [0.15, 0.2) is 11.0 Å². The first kappa shape index (κ1) is 25.3. The number of halogens is 2. The number of nitro benzene ring substituents is 1. The van der Waals surface area contributed by atoms with Gasteiger partial charge >= 0.3 is 5.69 Å². The number of thioether (sulfide) groups is 1. The van der Waals surface area contributed by atoms with E-state index in [-0.39, 0.29) is 17.2 Å². The minimum absolute atomic E-state index is 0.0174. The number of nitro groups is 1. The van der Waals surface area contributed by atoms with E-state index in [2.05, 4.69) is 31.4 Å². The van der Waals surface area contributed by atoms with Crippen molar-refractivity contribution in [3.8, 4) is 22.8 Å². The standard InChI is InChI=1S/C24H19BrFN5O4S/c1-13-3-7-19(14(2)9-13)30-23(17-10-15(25)4-8-21(17)32)28-29-24(30)36-12-22(33)27-16-5-6-18(26)20(11-16)31(34)35/h3-11,32H,12H2,1-2H3,(H,27,33). The molecule has 1 heterocycles. The average molecular weight is 572 g/mol. The predicted octanol–water partition coefficient (Wildman–Crippen LogP) is 5.80. The lowest BCUT2D eigenvalue weighted by Gasteiger charge is -2.14. The molecule has 184 valence electrons. The monoisotopic (exact) mass is 571 g/mol. The zero-order valence-corrected chi connectivity index (χ0v) is 21.4. The van der Waals surface area contributed by atoms with Crippen molar-refractivity contribution < 1.29 is 19.2 Å². The number of aromatic nitrogens is 3. The Morgan fingerprint density at radius 1 is 1.17 bits per heavy atom. The summed E-state index contributed by atoms with van der Waals surface area (Å²) in [6.45, 7) is 3.92. The molecule has 0 fully saturated rings. The molecule has 0 radical (unpaired) electrons. The topological polar surface area (TPSA) is 123 Å². The van der Waals surface area contributed by atoms with Gasteiger partial charge in [-0.25, -0.2) is 0 Å². The zero-order chi connectivity index (χ0) is 26.0. The van der Waals surface area contributed by atoms with E-state index in [0.29, 0.717) is 16.5 Å². The molecule has 0 aliphatic rings. The Morgan fingerprint density at radius 2 is 1.94 bits per heavy atom. The van der Waals surface area contributed by atoms with E-state index in [1.807, 2.05) is 32.0 Å². The molecule has 0 saturated heterocycles. The van der Waals surface area contributed by atoms with Crippen molar-refractivity contribution in [3.05, 3.63) is 86.1 Å². The highest BCUT2D eigenvalue weighted by Crippen LogP contribution is 2.35. The zero-order valence-electron chi connectivity index (χ0n) is 19.0. The second kappa shape index (κ2) is 10.5.